The van der Waals surface area contributed by atoms with Crippen LogP contribution in [-0.2, 0) is 9.59 Å². The zero-order chi connectivity index (χ0) is 36.2. The zero-order valence-corrected chi connectivity index (χ0v) is 31.3. The molecule has 0 unspecified atom stereocenters. The lowest BCUT2D eigenvalue weighted by Gasteiger charge is -2.20. The van der Waals surface area contributed by atoms with Gasteiger partial charge in [0.25, 0.3) is 0 Å². The number of nitrogens with one attached hydrogen (secondary N) is 4. The summed E-state index contributed by atoms with van der Waals surface area (Å²) >= 11 is 0. The van der Waals surface area contributed by atoms with Crippen molar-refractivity contribution in [3.8, 4) is 22.6 Å². The van der Waals surface area contributed by atoms with Crippen LogP contribution in [0.3, 0.4) is 0 Å². The van der Waals surface area contributed by atoms with Crippen LogP contribution in [0, 0.1) is 5.92 Å². The molecule has 52 heavy (non-hydrogen) atoms. The minimum Gasteiger partial charge on any atom is -0.493 e. The van der Waals surface area contributed by atoms with Crippen LogP contribution in [0.1, 0.15) is 84.0 Å². The van der Waals surface area contributed by atoms with E-state index >= 15 is 0 Å². The minimum atomic E-state index is -0.669. The second-order valence-electron chi connectivity index (χ2n) is 14.0. The van der Waals surface area contributed by atoms with Crippen LogP contribution >= 0.6 is 0 Å². The van der Waals surface area contributed by atoms with E-state index in [0.717, 1.165) is 90.4 Å². The largest absolute Gasteiger partial charge is 0.493 e. The van der Waals surface area contributed by atoms with Gasteiger partial charge in [-0.15, -0.1) is 0 Å². The predicted molar refractivity (Wildman–Crippen MR) is 214 cm³/mol. The van der Waals surface area contributed by atoms with Crippen molar-refractivity contribution in [2.45, 2.75) is 84.0 Å². The number of fused-ring (bicyclic) bond motifs is 2. The molecular formula is C44H60N4O4. The number of ether oxygens (including phenoxy) is 2. The van der Waals surface area contributed by atoms with Crippen LogP contribution in [0.2, 0.25) is 0 Å². The quantitative estimate of drug-likeness (QED) is 0.0653. The fourth-order valence-electron chi connectivity index (χ4n) is 7.07. The monoisotopic (exact) mass is 708 g/mol. The van der Waals surface area contributed by atoms with Gasteiger partial charge >= 0.3 is 0 Å². The molecule has 1 saturated heterocycles. The molecule has 0 aromatic heterocycles. The van der Waals surface area contributed by atoms with Crippen LogP contribution in [0.4, 0.5) is 0 Å². The summed E-state index contributed by atoms with van der Waals surface area (Å²) in [5.74, 6) is 0.723. The van der Waals surface area contributed by atoms with Crippen molar-refractivity contribution in [3.63, 3.8) is 0 Å². The summed E-state index contributed by atoms with van der Waals surface area (Å²) in [5, 5.41) is 17.2. The first-order valence-electron chi connectivity index (χ1n) is 19.9. The van der Waals surface area contributed by atoms with E-state index in [2.05, 4.69) is 101 Å². The maximum Gasteiger partial charge on any atom is 0.232 e. The molecule has 0 bridgehead atoms. The first-order chi connectivity index (χ1) is 25.7. The van der Waals surface area contributed by atoms with Crippen molar-refractivity contribution in [2.75, 3.05) is 52.5 Å². The summed E-state index contributed by atoms with van der Waals surface area (Å²) in [7, 11) is 0. The average Bonchev–Trinajstić information content (AvgIpc) is 3.17. The summed E-state index contributed by atoms with van der Waals surface area (Å²) < 4.78 is 13.2. The van der Waals surface area contributed by atoms with Gasteiger partial charge in [-0.05, 0) is 72.5 Å². The SMILES string of the molecule is CCCCCCCCOc1ccc2ccccc2c1-c1c(OCCCCCCC2C(=O)NCCNCCCNCCNC2=O)ccc2ccccc12. The number of amides is 2. The minimum absolute atomic E-state index is 0.180. The summed E-state index contributed by atoms with van der Waals surface area (Å²) in [6, 6.07) is 25.6. The highest BCUT2D eigenvalue weighted by Gasteiger charge is 2.26. The molecule has 2 amide bonds. The fourth-order valence-corrected chi connectivity index (χ4v) is 7.07. The second-order valence-corrected chi connectivity index (χ2v) is 14.0. The maximum absolute atomic E-state index is 12.9. The van der Waals surface area contributed by atoms with Gasteiger partial charge in [0.1, 0.15) is 17.4 Å². The third-order valence-electron chi connectivity index (χ3n) is 9.97. The molecule has 0 atom stereocenters. The molecule has 0 radical (unpaired) electrons. The number of unbranched alkanes of at least 4 members (excludes halogenated alkanes) is 8. The van der Waals surface area contributed by atoms with E-state index in [4.69, 9.17) is 9.47 Å². The van der Waals surface area contributed by atoms with Gasteiger partial charge in [-0.1, -0.05) is 119 Å². The van der Waals surface area contributed by atoms with Gasteiger partial charge in [-0.2, -0.15) is 0 Å². The van der Waals surface area contributed by atoms with Gasteiger partial charge in [-0.3, -0.25) is 9.59 Å². The highest BCUT2D eigenvalue weighted by molar-refractivity contribution is 6.09. The van der Waals surface area contributed by atoms with Gasteiger partial charge < -0.3 is 30.7 Å². The lowest BCUT2D eigenvalue weighted by Crippen LogP contribution is -2.45. The maximum atomic E-state index is 12.9. The van der Waals surface area contributed by atoms with Gasteiger partial charge in [0, 0.05) is 37.3 Å². The Morgan fingerprint density at radius 1 is 0.538 bits per heavy atom. The molecule has 0 aliphatic carbocycles. The van der Waals surface area contributed by atoms with Crippen molar-refractivity contribution in [3.05, 3.63) is 72.8 Å². The molecule has 4 aromatic carbocycles. The van der Waals surface area contributed by atoms with E-state index < -0.39 is 5.92 Å². The molecule has 1 fully saturated rings. The van der Waals surface area contributed by atoms with Crippen molar-refractivity contribution < 1.29 is 19.1 Å². The Labute approximate surface area is 310 Å². The number of carbonyl (C=O) groups is 2. The third-order valence-corrected chi connectivity index (χ3v) is 9.97. The molecule has 4 N–H and O–H groups in total. The van der Waals surface area contributed by atoms with Crippen LogP contribution < -0.4 is 30.7 Å². The van der Waals surface area contributed by atoms with Crippen molar-refractivity contribution in [1.82, 2.24) is 21.3 Å². The Hall–Kier alpha value is -4.14. The molecule has 8 nitrogen and oxygen atoms in total. The summed E-state index contributed by atoms with van der Waals surface area (Å²) in [6.07, 6.45) is 12.4. The predicted octanol–water partition coefficient (Wildman–Crippen LogP) is 8.16. The van der Waals surface area contributed by atoms with E-state index in [1.807, 2.05) is 0 Å². The summed E-state index contributed by atoms with van der Waals surface area (Å²) in [5.41, 5.74) is 2.16. The zero-order valence-electron chi connectivity index (χ0n) is 31.3. The van der Waals surface area contributed by atoms with E-state index in [-0.39, 0.29) is 11.8 Å². The van der Waals surface area contributed by atoms with Crippen molar-refractivity contribution in [2.24, 2.45) is 5.92 Å². The Morgan fingerprint density at radius 2 is 1.02 bits per heavy atom. The molecule has 4 aromatic rings. The van der Waals surface area contributed by atoms with E-state index in [1.54, 1.807) is 0 Å². The van der Waals surface area contributed by atoms with Crippen LogP contribution in [0.15, 0.2) is 72.8 Å². The smallest absolute Gasteiger partial charge is 0.232 e. The fraction of sp³-hybridized carbons (Fsp3) is 0.500. The first kappa shape index (κ1) is 39.1. The molecule has 5 rings (SSSR count). The van der Waals surface area contributed by atoms with Crippen LogP contribution in [0.5, 0.6) is 11.5 Å². The lowest BCUT2D eigenvalue weighted by atomic mass is 9.92. The topological polar surface area (TPSA) is 101 Å². The van der Waals surface area contributed by atoms with Gasteiger partial charge in [0.05, 0.1) is 13.2 Å². The molecule has 1 heterocycles. The summed E-state index contributed by atoms with van der Waals surface area (Å²) in [6.45, 7) is 7.78. The number of carbonyl (C=O) groups excluding carboxylic acids is 2. The Kier molecular flexibility index (Phi) is 16.6. The van der Waals surface area contributed by atoms with Gasteiger partial charge in [0.15, 0.2) is 0 Å². The van der Waals surface area contributed by atoms with Gasteiger partial charge in [-0.25, -0.2) is 0 Å². The highest BCUT2D eigenvalue weighted by Crippen LogP contribution is 2.45. The lowest BCUT2D eigenvalue weighted by molar-refractivity contribution is -0.135. The number of hydrogen-bond acceptors (Lipinski definition) is 6. The molecule has 1 aliphatic heterocycles. The van der Waals surface area contributed by atoms with Crippen molar-refractivity contribution >= 4 is 33.4 Å². The molecule has 0 spiro atoms. The molecule has 0 saturated carbocycles. The second kappa shape index (κ2) is 22.0. The third kappa shape index (κ3) is 11.7. The van der Waals surface area contributed by atoms with Crippen LogP contribution in [0.25, 0.3) is 32.7 Å². The standard InChI is InChI=1S/C44H60N4O4/c1-2-3-4-5-7-14-32-51-39-24-22-34-17-10-12-19-36(34)41(39)42-37-20-13-11-18-35(37)23-25-40(42)52-33-15-8-6-9-21-38-43(49)47-30-28-45-26-16-27-46-29-31-48-44(38)50/h10-13,17-20,22-25,38,45-46H,2-9,14-16,21,26-33H2,1H3,(H,47,49)(H,48,50). The number of benzene rings is 4. The first-order valence-corrected chi connectivity index (χ1v) is 19.9. The number of hydrogen-bond donors (Lipinski definition) is 4. The number of rotatable bonds is 17. The van der Waals surface area contributed by atoms with E-state index in [0.29, 0.717) is 45.8 Å². The van der Waals surface area contributed by atoms with E-state index in [1.165, 1.54) is 37.5 Å². The Morgan fingerprint density at radius 3 is 1.56 bits per heavy atom. The normalized spacial score (nSPS) is 15.2. The van der Waals surface area contributed by atoms with E-state index in [9.17, 15) is 9.59 Å². The molecular weight excluding hydrogens is 649 g/mol. The van der Waals surface area contributed by atoms with Gasteiger partial charge in [0.2, 0.25) is 11.8 Å². The average molecular weight is 709 g/mol. The summed E-state index contributed by atoms with van der Waals surface area (Å²) in [4.78, 5) is 25.9. The van der Waals surface area contributed by atoms with Crippen LogP contribution in [-0.4, -0.2) is 64.3 Å². The molecule has 280 valence electrons. The molecule has 1 aliphatic rings. The Balaban J connectivity index is 1.22. The molecule has 8 heteroatoms. The highest BCUT2D eigenvalue weighted by atomic mass is 16.5. The van der Waals surface area contributed by atoms with Crippen molar-refractivity contribution in [1.29, 1.82) is 0 Å². The Bertz CT molecular complexity index is 1670.